The number of benzene rings is 1. The maximum atomic E-state index is 13.0. The predicted octanol–water partition coefficient (Wildman–Crippen LogP) is 1.92. The lowest BCUT2D eigenvalue weighted by Crippen LogP contribution is -2.26. The Morgan fingerprint density at radius 2 is 2.05 bits per heavy atom. The molecular weight excluding hydrogens is 265 g/mol. The predicted molar refractivity (Wildman–Crippen MR) is 72.1 cm³/mol. The molecule has 0 spiro atoms. The van der Waals surface area contributed by atoms with E-state index in [0.29, 0.717) is 5.16 Å². The topological polar surface area (TPSA) is 69.6 Å². The molecule has 1 heterocycles. The Kier molecular flexibility index (Phi) is 4.49. The minimum Gasteiger partial charge on any atom is -0.326 e. The van der Waals surface area contributed by atoms with E-state index in [2.05, 4.69) is 15.5 Å². The summed E-state index contributed by atoms with van der Waals surface area (Å²) < 4.78 is 14.6. The molecule has 2 aromatic rings. The molecule has 19 heavy (non-hydrogen) atoms. The summed E-state index contributed by atoms with van der Waals surface area (Å²) in [4.78, 5) is 0. The molecular formula is C12H16FN5S. The first-order valence-corrected chi connectivity index (χ1v) is 6.89. The lowest BCUT2D eigenvalue weighted by atomic mass is 10.0. The van der Waals surface area contributed by atoms with E-state index in [1.165, 1.54) is 23.9 Å². The summed E-state index contributed by atoms with van der Waals surface area (Å²) in [6.07, 6.45) is 0.820. The van der Waals surface area contributed by atoms with Crippen molar-refractivity contribution in [1.82, 2.24) is 20.2 Å². The molecule has 0 aliphatic rings. The molecule has 2 rings (SSSR count). The van der Waals surface area contributed by atoms with Crippen LogP contribution in [0.4, 0.5) is 4.39 Å². The number of tetrazole rings is 1. The van der Waals surface area contributed by atoms with Crippen LogP contribution < -0.4 is 5.73 Å². The van der Waals surface area contributed by atoms with E-state index in [4.69, 9.17) is 5.73 Å². The van der Waals surface area contributed by atoms with Crippen molar-refractivity contribution in [2.75, 3.05) is 0 Å². The second kappa shape index (κ2) is 6.12. The molecule has 1 aromatic carbocycles. The molecule has 0 amide bonds. The fraction of sp³-hybridized carbons (Fsp3) is 0.417. The number of aromatic nitrogens is 4. The standard InChI is InChI=1S/C12H16FN5S/c1-3-10(14)11(8-4-6-9(13)7-5-8)19-12-15-16-17-18(12)2/h4-7,10-11H,3,14H2,1-2H3. The Balaban J connectivity index is 2.26. The van der Waals surface area contributed by atoms with Crippen molar-refractivity contribution in [1.29, 1.82) is 0 Å². The highest BCUT2D eigenvalue weighted by atomic mass is 32.2. The molecule has 2 unspecified atom stereocenters. The molecule has 0 bridgehead atoms. The lowest BCUT2D eigenvalue weighted by molar-refractivity contribution is 0.614. The zero-order valence-electron chi connectivity index (χ0n) is 10.8. The van der Waals surface area contributed by atoms with Crippen molar-refractivity contribution >= 4 is 11.8 Å². The molecule has 102 valence electrons. The number of rotatable bonds is 5. The van der Waals surface area contributed by atoms with E-state index in [1.54, 1.807) is 23.9 Å². The van der Waals surface area contributed by atoms with E-state index in [0.717, 1.165) is 12.0 Å². The zero-order chi connectivity index (χ0) is 13.8. The van der Waals surface area contributed by atoms with Crippen LogP contribution in [0.3, 0.4) is 0 Å². The van der Waals surface area contributed by atoms with Crippen LogP contribution in [-0.4, -0.2) is 26.2 Å². The van der Waals surface area contributed by atoms with Crippen molar-refractivity contribution in [3.05, 3.63) is 35.6 Å². The van der Waals surface area contributed by atoms with Crippen LogP contribution in [-0.2, 0) is 7.05 Å². The van der Waals surface area contributed by atoms with Crippen LogP contribution in [0.25, 0.3) is 0 Å². The summed E-state index contributed by atoms with van der Waals surface area (Å²) in [6, 6.07) is 6.35. The van der Waals surface area contributed by atoms with Crippen LogP contribution >= 0.6 is 11.8 Å². The van der Waals surface area contributed by atoms with Gasteiger partial charge in [0.15, 0.2) is 0 Å². The van der Waals surface area contributed by atoms with Gasteiger partial charge in [-0.3, -0.25) is 0 Å². The molecule has 0 aliphatic carbocycles. The average Bonchev–Trinajstić information content (AvgIpc) is 2.82. The summed E-state index contributed by atoms with van der Waals surface area (Å²) in [6.45, 7) is 2.02. The van der Waals surface area contributed by atoms with Gasteiger partial charge in [0.25, 0.3) is 0 Å². The Morgan fingerprint density at radius 1 is 1.37 bits per heavy atom. The molecule has 0 saturated heterocycles. The third-order valence-corrected chi connectivity index (χ3v) is 4.30. The molecule has 0 radical (unpaired) electrons. The Labute approximate surface area is 115 Å². The van der Waals surface area contributed by atoms with Crippen LogP contribution in [0, 0.1) is 5.82 Å². The molecule has 1 aromatic heterocycles. The van der Waals surface area contributed by atoms with Crippen molar-refractivity contribution in [3.63, 3.8) is 0 Å². The van der Waals surface area contributed by atoms with E-state index in [-0.39, 0.29) is 17.1 Å². The lowest BCUT2D eigenvalue weighted by Gasteiger charge is -2.22. The van der Waals surface area contributed by atoms with Crippen molar-refractivity contribution in [2.45, 2.75) is 29.8 Å². The van der Waals surface area contributed by atoms with Crippen molar-refractivity contribution in [3.8, 4) is 0 Å². The first kappa shape index (κ1) is 14.0. The minimum absolute atomic E-state index is 0.00435. The quantitative estimate of drug-likeness (QED) is 0.848. The van der Waals surface area contributed by atoms with E-state index in [9.17, 15) is 4.39 Å². The summed E-state index contributed by atoms with van der Waals surface area (Å²) in [5.41, 5.74) is 7.14. The molecule has 0 aliphatic heterocycles. The van der Waals surface area contributed by atoms with Gasteiger partial charge in [-0.25, -0.2) is 9.07 Å². The Morgan fingerprint density at radius 3 is 2.58 bits per heavy atom. The van der Waals surface area contributed by atoms with Gasteiger partial charge < -0.3 is 5.73 Å². The highest BCUT2D eigenvalue weighted by Crippen LogP contribution is 2.36. The average molecular weight is 281 g/mol. The highest BCUT2D eigenvalue weighted by molar-refractivity contribution is 7.99. The largest absolute Gasteiger partial charge is 0.326 e. The van der Waals surface area contributed by atoms with Gasteiger partial charge in [-0.1, -0.05) is 30.8 Å². The molecule has 5 nitrogen and oxygen atoms in total. The first-order valence-electron chi connectivity index (χ1n) is 6.02. The smallest absolute Gasteiger partial charge is 0.209 e. The Bertz CT molecular complexity index is 527. The van der Waals surface area contributed by atoms with Gasteiger partial charge in [0.2, 0.25) is 5.16 Å². The second-order valence-corrected chi connectivity index (χ2v) is 5.36. The van der Waals surface area contributed by atoms with Crippen LogP contribution in [0.1, 0.15) is 24.2 Å². The summed E-state index contributed by atoms with van der Waals surface area (Å²) in [5, 5.41) is 12.0. The minimum atomic E-state index is -0.252. The maximum Gasteiger partial charge on any atom is 0.209 e. The fourth-order valence-electron chi connectivity index (χ4n) is 1.70. The normalized spacial score (nSPS) is 14.3. The van der Waals surface area contributed by atoms with Gasteiger partial charge >= 0.3 is 0 Å². The third-order valence-electron chi connectivity index (χ3n) is 2.87. The van der Waals surface area contributed by atoms with Crippen LogP contribution in [0.2, 0.25) is 0 Å². The highest BCUT2D eigenvalue weighted by Gasteiger charge is 2.22. The van der Waals surface area contributed by atoms with Crippen LogP contribution in [0.5, 0.6) is 0 Å². The number of nitrogens with two attached hydrogens (primary N) is 1. The number of hydrogen-bond donors (Lipinski definition) is 1. The summed E-state index contributed by atoms with van der Waals surface area (Å²) in [7, 11) is 1.78. The van der Waals surface area contributed by atoms with Gasteiger partial charge in [-0.2, -0.15) is 0 Å². The van der Waals surface area contributed by atoms with E-state index >= 15 is 0 Å². The second-order valence-electron chi connectivity index (χ2n) is 4.25. The number of halogens is 1. The number of aryl methyl sites for hydroxylation is 1. The molecule has 2 N–H and O–H groups in total. The maximum absolute atomic E-state index is 13.0. The molecule has 0 fully saturated rings. The third kappa shape index (κ3) is 3.30. The van der Waals surface area contributed by atoms with Crippen molar-refractivity contribution < 1.29 is 4.39 Å². The fourth-order valence-corrected chi connectivity index (χ4v) is 2.86. The van der Waals surface area contributed by atoms with Gasteiger partial charge in [-0.15, -0.1) is 5.10 Å². The van der Waals surface area contributed by atoms with E-state index in [1.807, 2.05) is 6.92 Å². The Hall–Kier alpha value is -1.47. The van der Waals surface area contributed by atoms with Gasteiger partial charge in [0.1, 0.15) is 5.82 Å². The SMILES string of the molecule is CCC(N)C(Sc1nnnn1C)c1ccc(F)cc1. The zero-order valence-corrected chi connectivity index (χ0v) is 11.6. The molecule has 7 heteroatoms. The number of nitrogens with zero attached hydrogens (tertiary/aromatic N) is 4. The first-order chi connectivity index (χ1) is 9.11. The van der Waals surface area contributed by atoms with Crippen LogP contribution in [0.15, 0.2) is 29.4 Å². The molecule has 0 saturated carbocycles. The summed E-state index contributed by atoms with van der Waals surface area (Å²) >= 11 is 1.49. The van der Waals surface area contributed by atoms with Gasteiger partial charge in [-0.05, 0) is 34.5 Å². The summed E-state index contributed by atoms with van der Waals surface area (Å²) in [5.74, 6) is -0.252. The monoisotopic (exact) mass is 281 g/mol. The van der Waals surface area contributed by atoms with Crippen molar-refractivity contribution in [2.24, 2.45) is 12.8 Å². The van der Waals surface area contributed by atoms with E-state index < -0.39 is 0 Å². The molecule has 2 atom stereocenters. The van der Waals surface area contributed by atoms with Gasteiger partial charge in [0, 0.05) is 13.1 Å². The van der Waals surface area contributed by atoms with Gasteiger partial charge in [0.05, 0.1) is 5.25 Å². The number of hydrogen-bond acceptors (Lipinski definition) is 5. The number of thioether (sulfide) groups is 1.